The number of fused-ring (bicyclic) bond motifs is 1. The van der Waals surface area contributed by atoms with Gasteiger partial charge < -0.3 is 5.32 Å². The van der Waals surface area contributed by atoms with Gasteiger partial charge in [0.05, 0.1) is 0 Å². The van der Waals surface area contributed by atoms with Crippen LogP contribution in [0.15, 0.2) is 23.1 Å². The van der Waals surface area contributed by atoms with Crippen molar-refractivity contribution in [3.05, 3.63) is 29.6 Å². The Balaban J connectivity index is 1.72. The van der Waals surface area contributed by atoms with Crippen molar-refractivity contribution in [2.75, 3.05) is 12.3 Å². The van der Waals surface area contributed by atoms with Crippen LogP contribution in [0.25, 0.3) is 0 Å². The Morgan fingerprint density at radius 1 is 1.42 bits per heavy atom. The molecule has 1 nitrogen and oxygen atoms in total. The molecule has 0 aromatic heterocycles. The molecule has 104 valence electrons. The SMILES string of the molecule is CCC1(CNC2CCSc3c(F)cccc32)CCC1. The van der Waals surface area contributed by atoms with Gasteiger partial charge >= 0.3 is 0 Å². The molecule has 0 bridgehead atoms. The van der Waals surface area contributed by atoms with Gasteiger partial charge in [-0.2, -0.15) is 0 Å². The van der Waals surface area contributed by atoms with Crippen LogP contribution in [-0.2, 0) is 0 Å². The molecule has 0 saturated heterocycles. The first-order chi connectivity index (χ1) is 9.24. The summed E-state index contributed by atoms with van der Waals surface area (Å²) in [5, 5.41) is 3.72. The van der Waals surface area contributed by atoms with E-state index < -0.39 is 0 Å². The highest BCUT2D eigenvalue weighted by Gasteiger charge is 2.35. The molecule has 1 N–H and O–H groups in total. The molecule has 1 aromatic rings. The third-order valence-corrected chi connectivity index (χ3v) is 6.07. The van der Waals surface area contributed by atoms with E-state index in [1.165, 1.54) is 31.2 Å². The van der Waals surface area contributed by atoms with E-state index in [4.69, 9.17) is 0 Å². The summed E-state index contributed by atoms with van der Waals surface area (Å²) in [6.07, 6.45) is 6.46. The van der Waals surface area contributed by atoms with Crippen molar-refractivity contribution >= 4 is 11.8 Å². The Kier molecular flexibility index (Phi) is 3.86. The molecule has 0 amide bonds. The highest BCUT2D eigenvalue weighted by Crippen LogP contribution is 2.44. The smallest absolute Gasteiger partial charge is 0.137 e. The number of halogens is 1. The molecular formula is C16H22FNS. The number of nitrogens with one attached hydrogen (secondary N) is 1. The first-order valence-corrected chi connectivity index (χ1v) is 8.37. The first-order valence-electron chi connectivity index (χ1n) is 7.39. The maximum atomic E-state index is 13.8. The zero-order valence-electron chi connectivity index (χ0n) is 11.5. The lowest BCUT2D eigenvalue weighted by Gasteiger charge is -2.43. The summed E-state index contributed by atoms with van der Waals surface area (Å²) in [4.78, 5) is 0.866. The Bertz CT molecular complexity index is 451. The minimum Gasteiger partial charge on any atom is -0.309 e. The monoisotopic (exact) mass is 279 g/mol. The molecule has 1 atom stereocenters. The van der Waals surface area contributed by atoms with Crippen molar-refractivity contribution in [3.63, 3.8) is 0 Å². The summed E-state index contributed by atoms with van der Waals surface area (Å²) in [7, 11) is 0. The van der Waals surface area contributed by atoms with E-state index in [1.54, 1.807) is 17.8 Å². The van der Waals surface area contributed by atoms with E-state index in [-0.39, 0.29) is 5.82 Å². The molecule has 1 aromatic carbocycles. The Hall–Kier alpha value is -0.540. The number of rotatable bonds is 4. The molecule has 0 spiro atoms. The average molecular weight is 279 g/mol. The van der Waals surface area contributed by atoms with Crippen LogP contribution in [0.2, 0.25) is 0 Å². The van der Waals surface area contributed by atoms with Crippen molar-refractivity contribution in [2.45, 2.75) is 50.0 Å². The molecule has 19 heavy (non-hydrogen) atoms. The highest BCUT2D eigenvalue weighted by atomic mass is 32.2. The van der Waals surface area contributed by atoms with E-state index in [1.807, 2.05) is 6.07 Å². The fourth-order valence-corrected chi connectivity index (χ4v) is 4.41. The summed E-state index contributed by atoms with van der Waals surface area (Å²) in [6.45, 7) is 3.39. The zero-order valence-corrected chi connectivity index (χ0v) is 12.4. The van der Waals surface area contributed by atoms with Gasteiger partial charge in [0.1, 0.15) is 5.82 Å². The standard InChI is InChI=1S/C16H22FNS/c1-2-16(8-4-9-16)11-18-14-7-10-19-15-12(14)5-3-6-13(15)17/h3,5-6,14,18H,2,4,7-11H2,1H3. The topological polar surface area (TPSA) is 12.0 Å². The van der Waals surface area contributed by atoms with Gasteiger partial charge in [0.25, 0.3) is 0 Å². The number of hydrogen-bond acceptors (Lipinski definition) is 2. The van der Waals surface area contributed by atoms with Crippen LogP contribution in [0.1, 0.15) is 50.6 Å². The van der Waals surface area contributed by atoms with Crippen molar-refractivity contribution in [1.29, 1.82) is 0 Å². The van der Waals surface area contributed by atoms with Crippen molar-refractivity contribution in [3.8, 4) is 0 Å². The maximum Gasteiger partial charge on any atom is 0.137 e. The third kappa shape index (κ3) is 2.55. The lowest BCUT2D eigenvalue weighted by Crippen LogP contribution is -2.41. The van der Waals surface area contributed by atoms with Gasteiger partial charge in [-0.1, -0.05) is 25.5 Å². The van der Waals surface area contributed by atoms with Crippen LogP contribution in [0.3, 0.4) is 0 Å². The van der Waals surface area contributed by atoms with Crippen LogP contribution in [-0.4, -0.2) is 12.3 Å². The fourth-order valence-electron chi connectivity index (χ4n) is 3.27. The van der Waals surface area contributed by atoms with E-state index in [2.05, 4.69) is 18.3 Å². The molecule has 1 fully saturated rings. The van der Waals surface area contributed by atoms with E-state index in [9.17, 15) is 4.39 Å². The van der Waals surface area contributed by atoms with Crippen LogP contribution in [0.5, 0.6) is 0 Å². The van der Waals surface area contributed by atoms with Gasteiger partial charge in [0.2, 0.25) is 0 Å². The molecule has 1 saturated carbocycles. The van der Waals surface area contributed by atoms with Gasteiger partial charge in [0, 0.05) is 17.5 Å². The van der Waals surface area contributed by atoms with Crippen molar-refractivity contribution in [2.24, 2.45) is 5.41 Å². The molecule has 1 heterocycles. The molecule has 2 aliphatic rings. The second-order valence-corrected chi connectivity index (χ2v) is 7.04. The van der Waals surface area contributed by atoms with Crippen LogP contribution in [0.4, 0.5) is 4.39 Å². The number of thioether (sulfide) groups is 1. The van der Waals surface area contributed by atoms with E-state index in [0.717, 1.165) is 23.6 Å². The molecular weight excluding hydrogens is 257 g/mol. The summed E-state index contributed by atoms with van der Waals surface area (Å²) < 4.78 is 13.8. The molecule has 3 heteroatoms. The second kappa shape index (κ2) is 5.45. The fraction of sp³-hybridized carbons (Fsp3) is 0.625. The molecule has 3 rings (SSSR count). The van der Waals surface area contributed by atoms with Crippen LogP contribution < -0.4 is 5.32 Å². The van der Waals surface area contributed by atoms with Gasteiger partial charge in [-0.15, -0.1) is 11.8 Å². The average Bonchev–Trinajstić information content (AvgIpc) is 2.39. The summed E-state index contributed by atoms with van der Waals surface area (Å²) in [6, 6.07) is 5.85. The lowest BCUT2D eigenvalue weighted by molar-refractivity contribution is 0.118. The van der Waals surface area contributed by atoms with Gasteiger partial charge in [-0.25, -0.2) is 4.39 Å². The molecule has 1 aliphatic heterocycles. The first kappa shape index (κ1) is 13.4. The quantitative estimate of drug-likeness (QED) is 0.869. The Morgan fingerprint density at radius 3 is 2.95 bits per heavy atom. The van der Waals surface area contributed by atoms with E-state index in [0.29, 0.717) is 11.5 Å². The van der Waals surface area contributed by atoms with Gasteiger partial charge in [-0.3, -0.25) is 0 Å². The van der Waals surface area contributed by atoms with Crippen molar-refractivity contribution in [1.82, 2.24) is 5.32 Å². The predicted molar refractivity (Wildman–Crippen MR) is 79.1 cm³/mol. The maximum absolute atomic E-state index is 13.8. The summed E-state index contributed by atoms with van der Waals surface area (Å²) in [5.41, 5.74) is 1.69. The zero-order chi connectivity index (χ0) is 13.3. The summed E-state index contributed by atoms with van der Waals surface area (Å²) >= 11 is 1.66. The molecule has 1 unspecified atom stereocenters. The lowest BCUT2D eigenvalue weighted by atomic mass is 9.67. The molecule has 1 aliphatic carbocycles. The van der Waals surface area contributed by atoms with Gasteiger partial charge in [0.15, 0.2) is 0 Å². The minimum absolute atomic E-state index is 0.0529. The Labute approximate surface area is 119 Å². The van der Waals surface area contributed by atoms with Crippen LogP contribution in [0, 0.1) is 11.2 Å². The van der Waals surface area contributed by atoms with Crippen LogP contribution >= 0.6 is 11.8 Å². The summed E-state index contributed by atoms with van der Waals surface area (Å²) in [5.74, 6) is 0.966. The number of hydrogen-bond donors (Lipinski definition) is 1. The predicted octanol–water partition coefficient (Wildman–Crippen LogP) is 4.53. The minimum atomic E-state index is -0.0529. The largest absolute Gasteiger partial charge is 0.309 e. The van der Waals surface area contributed by atoms with E-state index >= 15 is 0 Å². The Morgan fingerprint density at radius 2 is 2.26 bits per heavy atom. The third-order valence-electron chi connectivity index (χ3n) is 4.91. The second-order valence-electron chi connectivity index (χ2n) is 5.94. The highest BCUT2D eigenvalue weighted by molar-refractivity contribution is 7.99. The number of benzene rings is 1. The normalized spacial score (nSPS) is 24.6. The van der Waals surface area contributed by atoms with Gasteiger partial charge in [-0.05, 0) is 48.5 Å². The molecule has 0 radical (unpaired) electrons. The van der Waals surface area contributed by atoms with Crippen molar-refractivity contribution < 1.29 is 4.39 Å².